The molecule has 0 atom stereocenters. The first-order valence-electron chi connectivity index (χ1n) is 5.98. The first-order chi connectivity index (χ1) is 9.81. The van der Waals surface area contributed by atoms with Crippen molar-refractivity contribution in [2.24, 2.45) is 4.99 Å². The number of benzene rings is 2. The third-order valence-corrected chi connectivity index (χ3v) is 2.72. The number of nitrogens with zero attached hydrogens (tertiary/aromatic N) is 3. The highest BCUT2D eigenvalue weighted by molar-refractivity contribution is 5.81. The summed E-state index contributed by atoms with van der Waals surface area (Å²) in [7, 11) is 0. The Bertz CT molecular complexity index is 704. The Balaban J connectivity index is 1.76. The minimum absolute atomic E-state index is 0.258. The topological polar surface area (TPSA) is 51.3 Å². The van der Waals surface area contributed by atoms with Gasteiger partial charge in [0.1, 0.15) is 5.82 Å². The molecule has 2 aromatic carbocycles. The molecule has 4 nitrogen and oxygen atoms in total. The van der Waals surface area contributed by atoms with Crippen LogP contribution in [0.1, 0.15) is 5.56 Å². The second-order valence-corrected chi connectivity index (χ2v) is 4.11. The zero-order valence-electron chi connectivity index (χ0n) is 10.4. The SMILES string of the molecule is Fc1ccc(C=Nc2ccc(-c3ncon3)cc2)cc1. The van der Waals surface area contributed by atoms with Gasteiger partial charge in [-0.1, -0.05) is 17.3 Å². The second-order valence-electron chi connectivity index (χ2n) is 4.11. The fraction of sp³-hybridized carbons (Fsp3) is 0. The van der Waals surface area contributed by atoms with E-state index >= 15 is 0 Å². The highest BCUT2D eigenvalue weighted by Crippen LogP contribution is 2.19. The van der Waals surface area contributed by atoms with Gasteiger partial charge < -0.3 is 4.52 Å². The van der Waals surface area contributed by atoms with E-state index in [0.29, 0.717) is 5.82 Å². The number of hydrogen-bond donors (Lipinski definition) is 0. The lowest BCUT2D eigenvalue weighted by atomic mass is 10.2. The first-order valence-corrected chi connectivity index (χ1v) is 5.98. The Morgan fingerprint density at radius 3 is 2.40 bits per heavy atom. The van der Waals surface area contributed by atoms with Gasteiger partial charge in [-0.15, -0.1) is 0 Å². The molecule has 0 N–H and O–H groups in total. The molecule has 3 rings (SSSR count). The Hall–Kier alpha value is -2.82. The molecule has 0 aliphatic rings. The number of aliphatic imine (C=N–C) groups is 1. The lowest BCUT2D eigenvalue weighted by Gasteiger charge is -1.97. The Kier molecular flexibility index (Phi) is 3.33. The summed E-state index contributed by atoms with van der Waals surface area (Å²) in [4.78, 5) is 8.28. The molecule has 0 amide bonds. The summed E-state index contributed by atoms with van der Waals surface area (Å²) in [5.74, 6) is 0.283. The van der Waals surface area contributed by atoms with E-state index in [1.54, 1.807) is 18.3 Å². The van der Waals surface area contributed by atoms with Crippen LogP contribution in [0, 0.1) is 5.82 Å². The lowest BCUT2D eigenvalue weighted by molar-refractivity contribution is 0.419. The summed E-state index contributed by atoms with van der Waals surface area (Å²) < 4.78 is 17.5. The molecule has 0 unspecified atom stereocenters. The van der Waals surface area contributed by atoms with Crippen LogP contribution in [-0.2, 0) is 0 Å². The fourth-order valence-corrected chi connectivity index (χ4v) is 1.69. The smallest absolute Gasteiger partial charge is 0.214 e. The minimum atomic E-state index is -0.258. The maximum atomic E-state index is 12.8. The molecule has 1 aromatic heterocycles. The van der Waals surface area contributed by atoms with Crippen molar-refractivity contribution in [2.75, 3.05) is 0 Å². The first kappa shape index (κ1) is 12.2. The van der Waals surface area contributed by atoms with Crippen LogP contribution < -0.4 is 0 Å². The van der Waals surface area contributed by atoms with Gasteiger partial charge in [0.15, 0.2) is 0 Å². The minimum Gasteiger partial charge on any atom is -0.342 e. The molecule has 0 fully saturated rings. The summed E-state index contributed by atoms with van der Waals surface area (Å²) in [5, 5.41) is 3.76. The van der Waals surface area contributed by atoms with Crippen LogP contribution >= 0.6 is 0 Å². The molecule has 0 saturated carbocycles. The van der Waals surface area contributed by atoms with E-state index in [1.807, 2.05) is 24.3 Å². The van der Waals surface area contributed by atoms with E-state index in [9.17, 15) is 4.39 Å². The van der Waals surface area contributed by atoms with Crippen LogP contribution in [0.5, 0.6) is 0 Å². The van der Waals surface area contributed by atoms with Crippen molar-refractivity contribution < 1.29 is 8.91 Å². The number of aromatic nitrogens is 2. The summed E-state index contributed by atoms with van der Waals surface area (Å²) in [6, 6.07) is 13.6. The highest BCUT2D eigenvalue weighted by Gasteiger charge is 2.01. The van der Waals surface area contributed by atoms with Crippen LogP contribution in [-0.4, -0.2) is 16.4 Å². The quantitative estimate of drug-likeness (QED) is 0.681. The van der Waals surface area contributed by atoms with E-state index in [0.717, 1.165) is 16.8 Å². The van der Waals surface area contributed by atoms with Crippen LogP contribution in [0.15, 0.2) is 64.4 Å². The lowest BCUT2D eigenvalue weighted by Crippen LogP contribution is -1.81. The zero-order valence-corrected chi connectivity index (χ0v) is 10.4. The fourth-order valence-electron chi connectivity index (χ4n) is 1.69. The summed E-state index contributed by atoms with van der Waals surface area (Å²) >= 11 is 0. The van der Waals surface area contributed by atoms with Crippen LogP contribution in [0.4, 0.5) is 10.1 Å². The summed E-state index contributed by atoms with van der Waals surface area (Å²) in [5.41, 5.74) is 2.50. The average Bonchev–Trinajstić information content (AvgIpc) is 3.01. The molecule has 0 bridgehead atoms. The highest BCUT2D eigenvalue weighted by atomic mass is 19.1. The third-order valence-electron chi connectivity index (χ3n) is 2.72. The van der Waals surface area contributed by atoms with Gasteiger partial charge in [0.25, 0.3) is 0 Å². The standard InChI is InChI=1S/C15H10FN3O/c16-13-5-1-11(2-6-13)9-17-14-7-3-12(4-8-14)15-18-10-20-19-15/h1-10H. The van der Waals surface area contributed by atoms with E-state index in [2.05, 4.69) is 15.1 Å². The molecule has 0 saturated heterocycles. The number of rotatable bonds is 3. The van der Waals surface area contributed by atoms with E-state index in [-0.39, 0.29) is 5.82 Å². The predicted molar refractivity (Wildman–Crippen MR) is 73.4 cm³/mol. The van der Waals surface area contributed by atoms with Crippen molar-refractivity contribution in [1.29, 1.82) is 0 Å². The molecule has 5 heteroatoms. The van der Waals surface area contributed by atoms with Crippen LogP contribution in [0.25, 0.3) is 11.4 Å². The van der Waals surface area contributed by atoms with E-state index in [1.165, 1.54) is 18.5 Å². The summed E-state index contributed by atoms with van der Waals surface area (Å²) in [6.07, 6.45) is 2.97. The van der Waals surface area contributed by atoms with Gasteiger partial charge in [-0.25, -0.2) is 4.39 Å². The van der Waals surface area contributed by atoms with Crippen LogP contribution in [0.3, 0.4) is 0 Å². The summed E-state index contributed by atoms with van der Waals surface area (Å²) in [6.45, 7) is 0. The molecule has 0 aliphatic carbocycles. The van der Waals surface area contributed by atoms with Gasteiger partial charge >= 0.3 is 0 Å². The van der Waals surface area contributed by atoms with Crippen molar-refractivity contribution in [2.45, 2.75) is 0 Å². The van der Waals surface area contributed by atoms with Crippen molar-refractivity contribution in [3.8, 4) is 11.4 Å². The van der Waals surface area contributed by atoms with Gasteiger partial charge in [-0.3, -0.25) is 4.99 Å². The molecule has 0 radical (unpaired) electrons. The molecule has 3 aromatic rings. The maximum absolute atomic E-state index is 12.8. The van der Waals surface area contributed by atoms with Crippen molar-refractivity contribution >= 4 is 11.9 Å². The van der Waals surface area contributed by atoms with Gasteiger partial charge in [0.05, 0.1) is 5.69 Å². The predicted octanol–water partition coefficient (Wildman–Crippen LogP) is 3.63. The Morgan fingerprint density at radius 2 is 1.75 bits per heavy atom. The Labute approximate surface area is 114 Å². The molecular weight excluding hydrogens is 257 g/mol. The molecule has 1 heterocycles. The van der Waals surface area contributed by atoms with Crippen molar-refractivity contribution in [3.63, 3.8) is 0 Å². The van der Waals surface area contributed by atoms with E-state index < -0.39 is 0 Å². The zero-order chi connectivity index (χ0) is 13.8. The number of halogens is 1. The average molecular weight is 267 g/mol. The molecule has 98 valence electrons. The van der Waals surface area contributed by atoms with Crippen LogP contribution in [0.2, 0.25) is 0 Å². The number of hydrogen-bond acceptors (Lipinski definition) is 4. The molecular formula is C15H10FN3O. The Morgan fingerprint density at radius 1 is 1.00 bits per heavy atom. The maximum Gasteiger partial charge on any atom is 0.214 e. The van der Waals surface area contributed by atoms with Gasteiger partial charge in [0.2, 0.25) is 12.2 Å². The second kappa shape index (κ2) is 5.44. The van der Waals surface area contributed by atoms with Crippen molar-refractivity contribution in [3.05, 3.63) is 66.3 Å². The van der Waals surface area contributed by atoms with Gasteiger partial charge in [-0.2, -0.15) is 4.98 Å². The van der Waals surface area contributed by atoms with Gasteiger partial charge in [0, 0.05) is 11.8 Å². The normalized spacial score (nSPS) is 11.1. The third kappa shape index (κ3) is 2.77. The molecule has 0 aliphatic heterocycles. The van der Waals surface area contributed by atoms with Crippen molar-refractivity contribution in [1.82, 2.24) is 10.1 Å². The largest absolute Gasteiger partial charge is 0.342 e. The monoisotopic (exact) mass is 267 g/mol. The van der Waals surface area contributed by atoms with E-state index in [4.69, 9.17) is 4.52 Å². The molecule has 0 spiro atoms. The molecule has 20 heavy (non-hydrogen) atoms. The van der Waals surface area contributed by atoms with Gasteiger partial charge in [-0.05, 0) is 42.0 Å².